The first kappa shape index (κ1) is 23.2. The van der Waals surface area contributed by atoms with Gasteiger partial charge in [0, 0.05) is 13.1 Å². The average molecular weight is 419 g/mol. The van der Waals surface area contributed by atoms with Gasteiger partial charge in [-0.05, 0) is 6.07 Å². The molecule has 1 aromatic rings. The smallest absolute Gasteiger partial charge is 0.475 e. The molecule has 1 aliphatic rings. The van der Waals surface area contributed by atoms with Crippen LogP contribution in [0.25, 0.3) is 0 Å². The maximum atomic E-state index is 14.0. The fraction of sp³-hybridized carbons (Fsp3) is 0.538. The molecule has 10 nitrogen and oxygen atoms in total. The molecule has 2 rings (SSSR count). The number of nitrogens with zero attached hydrogens (tertiary/aromatic N) is 2. The van der Waals surface area contributed by atoms with Crippen molar-refractivity contribution in [2.24, 2.45) is 0 Å². The number of ether oxygens (including phenoxy) is 2. The third kappa shape index (κ3) is 5.59. The topological polar surface area (TPSA) is 154 Å². The molecule has 0 aromatic carbocycles. The Hall–Kier alpha value is -2.81. The van der Waals surface area contributed by atoms with Crippen LogP contribution in [0.5, 0.6) is 0 Å². The van der Waals surface area contributed by atoms with Crippen molar-refractivity contribution in [2.75, 3.05) is 12.3 Å². The lowest BCUT2D eigenvalue weighted by Gasteiger charge is -2.20. The van der Waals surface area contributed by atoms with Crippen LogP contribution in [0.4, 0.5) is 27.8 Å². The molecule has 0 saturated carbocycles. The Morgan fingerprint density at radius 1 is 1.43 bits per heavy atom. The summed E-state index contributed by atoms with van der Waals surface area (Å²) in [4.78, 5) is 34.5. The molecule has 158 valence electrons. The monoisotopic (exact) mass is 419 g/mol. The van der Waals surface area contributed by atoms with Gasteiger partial charge in [0.2, 0.25) is 6.23 Å². The second-order valence-electron chi connectivity index (χ2n) is 5.29. The Balaban J connectivity index is 0.000000480. The van der Waals surface area contributed by atoms with Gasteiger partial charge < -0.3 is 25.4 Å². The third-order valence-electron chi connectivity index (χ3n) is 3.18. The number of anilines is 1. The summed E-state index contributed by atoms with van der Waals surface area (Å²) in [5.41, 5.74) is 4.23. The number of carbonyl (C=O) groups excluding carboxylic acids is 1. The minimum Gasteiger partial charge on any atom is -0.475 e. The normalized spacial score (nSPS) is 23.5. The van der Waals surface area contributed by atoms with Crippen LogP contribution in [0, 0.1) is 0 Å². The van der Waals surface area contributed by atoms with Crippen molar-refractivity contribution < 1.29 is 51.2 Å². The van der Waals surface area contributed by atoms with Crippen LogP contribution in [0.3, 0.4) is 0 Å². The first-order valence-electron chi connectivity index (χ1n) is 7.17. The van der Waals surface area contributed by atoms with E-state index in [4.69, 9.17) is 20.4 Å². The molecule has 0 unspecified atom stereocenters. The van der Waals surface area contributed by atoms with Crippen molar-refractivity contribution in [1.29, 1.82) is 0 Å². The van der Waals surface area contributed by atoms with Crippen molar-refractivity contribution in [3.63, 3.8) is 0 Å². The molecule has 1 aliphatic heterocycles. The molecule has 28 heavy (non-hydrogen) atoms. The highest BCUT2D eigenvalue weighted by molar-refractivity contribution is 5.73. The Morgan fingerprint density at radius 2 is 1.96 bits per heavy atom. The first-order valence-corrected chi connectivity index (χ1v) is 7.17. The molecule has 1 saturated heterocycles. The van der Waals surface area contributed by atoms with E-state index in [-0.39, 0.29) is 5.82 Å². The summed E-state index contributed by atoms with van der Waals surface area (Å²) in [5.74, 6) is -7.35. The van der Waals surface area contributed by atoms with Crippen LogP contribution in [-0.2, 0) is 19.1 Å². The van der Waals surface area contributed by atoms with Gasteiger partial charge in [0.25, 0.3) is 0 Å². The number of alkyl halides is 5. The highest BCUT2D eigenvalue weighted by Crippen LogP contribution is 2.42. The first-order chi connectivity index (χ1) is 12.7. The zero-order valence-corrected chi connectivity index (χ0v) is 13.9. The van der Waals surface area contributed by atoms with Gasteiger partial charge in [0.05, 0.1) is 0 Å². The van der Waals surface area contributed by atoms with E-state index in [0.29, 0.717) is 4.57 Å². The van der Waals surface area contributed by atoms with Crippen molar-refractivity contribution in [1.82, 2.24) is 9.55 Å². The van der Waals surface area contributed by atoms with E-state index < -0.39 is 54.8 Å². The van der Waals surface area contributed by atoms with E-state index in [0.717, 1.165) is 19.2 Å². The number of hydrogen-bond donors (Lipinski definition) is 3. The minimum atomic E-state index is -5.08. The molecular formula is C13H14F5N3O7. The predicted molar refractivity (Wildman–Crippen MR) is 78.1 cm³/mol. The van der Waals surface area contributed by atoms with Gasteiger partial charge in [0.1, 0.15) is 18.5 Å². The second-order valence-corrected chi connectivity index (χ2v) is 5.29. The van der Waals surface area contributed by atoms with E-state index in [9.17, 15) is 36.6 Å². The molecule has 15 heteroatoms. The number of carbonyl (C=O) groups is 2. The Labute approximate surface area is 152 Å². The van der Waals surface area contributed by atoms with Crippen molar-refractivity contribution in [3.05, 3.63) is 22.7 Å². The highest BCUT2D eigenvalue weighted by Gasteiger charge is 2.60. The number of nitrogens with two attached hydrogens (primary N) is 1. The molecule has 1 fully saturated rings. The lowest BCUT2D eigenvalue weighted by atomic mass is 10.1. The predicted octanol–water partition coefficient (Wildman–Crippen LogP) is -0.0845. The number of rotatable bonds is 3. The second kappa shape index (κ2) is 8.47. The molecule has 0 bridgehead atoms. The summed E-state index contributed by atoms with van der Waals surface area (Å²) >= 11 is 0. The summed E-state index contributed by atoms with van der Waals surface area (Å²) < 4.78 is 69.8. The van der Waals surface area contributed by atoms with Crippen LogP contribution in [-0.4, -0.2) is 62.6 Å². The SMILES string of the molecule is CC(=O)OC[C@H]1O[C@@H](n2ccc(N)nc2=O)C(F)(F)[C@@H]1O.O=C(O)C(F)(F)F. The molecular weight excluding hydrogens is 405 g/mol. The number of carboxylic acid groups (broad SMARTS) is 1. The van der Waals surface area contributed by atoms with E-state index in [2.05, 4.69) is 9.72 Å². The van der Waals surface area contributed by atoms with E-state index in [1.807, 2.05) is 0 Å². The maximum absolute atomic E-state index is 14.0. The summed E-state index contributed by atoms with van der Waals surface area (Å²) in [6, 6.07) is 1.15. The quantitative estimate of drug-likeness (QED) is 0.451. The van der Waals surface area contributed by atoms with Crippen LogP contribution < -0.4 is 11.4 Å². The largest absolute Gasteiger partial charge is 0.490 e. The van der Waals surface area contributed by atoms with Gasteiger partial charge in [-0.3, -0.25) is 9.36 Å². The number of aliphatic hydroxyl groups is 1. The van der Waals surface area contributed by atoms with Crippen LogP contribution in [0.1, 0.15) is 13.2 Å². The minimum absolute atomic E-state index is 0.130. The van der Waals surface area contributed by atoms with Crippen LogP contribution >= 0.6 is 0 Å². The summed E-state index contributed by atoms with van der Waals surface area (Å²) in [6.45, 7) is 0.533. The van der Waals surface area contributed by atoms with Gasteiger partial charge in [0.15, 0.2) is 6.10 Å². The molecule has 4 N–H and O–H groups in total. The molecule has 0 spiro atoms. The van der Waals surface area contributed by atoms with Crippen molar-refractivity contribution in [3.8, 4) is 0 Å². The average Bonchev–Trinajstić information content (AvgIpc) is 2.76. The maximum Gasteiger partial charge on any atom is 0.490 e. The third-order valence-corrected chi connectivity index (χ3v) is 3.18. The zero-order chi connectivity index (χ0) is 21.9. The number of aliphatic hydroxyl groups excluding tert-OH is 1. The van der Waals surface area contributed by atoms with Gasteiger partial charge in [-0.15, -0.1) is 0 Å². The number of carboxylic acids is 1. The Bertz CT molecular complexity index is 783. The van der Waals surface area contributed by atoms with Gasteiger partial charge in [-0.25, -0.2) is 9.59 Å². The number of halogens is 5. The molecule has 1 aromatic heterocycles. The van der Waals surface area contributed by atoms with Gasteiger partial charge >= 0.3 is 29.7 Å². The van der Waals surface area contributed by atoms with Crippen LogP contribution in [0.2, 0.25) is 0 Å². The standard InChI is InChI=1S/C11H13F2N3O5.C2HF3O2/c1-5(17)20-4-6-8(18)11(12,13)9(21-6)16-3-2-7(14)15-10(16)19;3-2(4,5)1(6)7/h2-3,6,8-9,18H,4H2,1H3,(H2,14,15,19);(H,6,7)/t6-,8-,9-;/m1./s1. The zero-order valence-electron chi connectivity index (χ0n) is 13.9. The summed E-state index contributed by atoms with van der Waals surface area (Å²) in [7, 11) is 0. The summed E-state index contributed by atoms with van der Waals surface area (Å²) in [5, 5.41) is 16.7. The lowest BCUT2D eigenvalue weighted by molar-refractivity contribution is -0.192. The van der Waals surface area contributed by atoms with Gasteiger partial charge in [-0.1, -0.05) is 0 Å². The van der Waals surface area contributed by atoms with E-state index >= 15 is 0 Å². The van der Waals surface area contributed by atoms with Crippen LogP contribution in [0.15, 0.2) is 17.1 Å². The fourth-order valence-corrected chi connectivity index (χ4v) is 1.91. The van der Waals surface area contributed by atoms with Gasteiger partial charge in [-0.2, -0.15) is 26.9 Å². The van der Waals surface area contributed by atoms with E-state index in [1.165, 1.54) is 0 Å². The number of nitrogen functional groups attached to an aromatic ring is 1. The molecule has 2 heterocycles. The Kier molecular flexibility index (Phi) is 7.03. The molecule has 0 aliphatic carbocycles. The lowest BCUT2D eigenvalue weighted by Crippen LogP contribution is -2.42. The fourth-order valence-electron chi connectivity index (χ4n) is 1.91. The number of aromatic nitrogens is 2. The highest BCUT2D eigenvalue weighted by atomic mass is 19.4. The van der Waals surface area contributed by atoms with E-state index in [1.54, 1.807) is 0 Å². The van der Waals surface area contributed by atoms with Crippen molar-refractivity contribution >= 4 is 17.8 Å². The summed E-state index contributed by atoms with van der Waals surface area (Å²) in [6.07, 6.45) is -9.84. The number of hydrogen-bond acceptors (Lipinski definition) is 8. The van der Waals surface area contributed by atoms with Crippen molar-refractivity contribution in [2.45, 2.75) is 37.5 Å². The molecule has 3 atom stereocenters. The number of aliphatic carboxylic acids is 1. The molecule has 0 radical (unpaired) electrons. The molecule has 0 amide bonds. The Morgan fingerprint density at radius 3 is 2.39 bits per heavy atom. The number of esters is 1.